The van der Waals surface area contributed by atoms with Crippen molar-refractivity contribution in [3.05, 3.63) is 28.8 Å². The predicted molar refractivity (Wildman–Crippen MR) is 87.3 cm³/mol. The Hall–Kier alpha value is -1.55. The third-order valence-corrected chi connectivity index (χ3v) is 5.12. The Morgan fingerprint density at radius 1 is 1.23 bits per heavy atom. The fourth-order valence-corrected chi connectivity index (χ4v) is 3.84. The summed E-state index contributed by atoms with van der Waals surface area (Å²) in [5, 5.41) is 14.4. The van der Waals surface area contributed by atoms with Crippen LogP contribution >= 0.6 is 11.6 Å². The van der Waals surface area contributed by atoms with Crippen LogP contribution in [0, 0.1) is 11.8 Å². The highest BCUT2D eigenvalue weighted by atomic mass is 35.5. The molecule has 2 saturated carbocycles. The first-order valence-electron chi connectivity index (χ1n) is 7.98. The maximum Gasteiger partial charge on any atom is 0.275 e. The van der Waals surface area contributed by atoms with Crippen molar-refractivity contribution in [3.8, 4) is 5.75 Å². The number of aromatic hydroxyl groups is 1. The van der Waals surface area contributed by atoms with Crippen LogP contribution in [0.3, 0.4) is 0 Å². The van der Waals surface area contributed by atoms with Crippen molar-refractivity contribution in [2.24, 2.45) is 16.9 Å². The first-order chi connectivity index (χ1) is 10.6. The van der Waals surface area contributed by atoms with Crippen LogP contribution < -0.4 is 5.43 Å². The van der Waals surface area contributed by atoms with E-state index >= 15 is 0 Å². The average molecular weight is 321 g/mol. The lowest BCUT2D eigenvalue weighted by molar-refractivity contribution is 0.0951. The van der Waals surface area contributed by atoms with Crippen molar-refractivity contribution in [1.29, 1.82) is 0 Å². The number of phenols is 1. The zero-order valence-electron chi connectivity index (χ0n) is 12.5. The van der Waals surface area contributed by atoms with Crippen molar-refractivity contribution in [2.75, 3.05) is 0 Å². The lowest BCUT2D eigenvalue weighted by Crippen LogP contribution is -2.29. The van der Waals surface area contributed by atoms with E-state index in [2.05, 4.69) is 10.5 Å². The largest absolute Gasteiger partial charge is 0.507 e. The van der Waals surface area contributed by atoms with Crippen molar-refractivity contribution in [1.82, 2.24) is 5.43 Å². The Labute approximate surface area is 135 Å². The Kier molecular flexibility index (Phi) is 4.67. The van der Waals surface area contributed by atoms with Crippen molar-refractivity contribution in [3.63, 3.8) is 0 Å². The summed E-state index contributed by atoms with van der Waals surface area (Å²) in [6.07, 6.45) is 8.44. The molecule has 0 heterocycles. The molecule has 22 heavy (non-hydrogen) atoms. The molecular weight excluding hydrogens is 300 g/mol. The van der Waals surface area contributed by atoms with E-state index in [0.717, 1.165) is 30.4 Å². The highest BCUT2D eigenvalue weighted by molar-refractivity contribution is 6.31. The summed E-state index contributed by atoms with van der Waals surface area (Å²) in [5.41, 5.74) is 3.79. The van der Waals surface area contributed by atoms with Gasteiger partial charge in [-0.25, -0.2) is 5.43 Å². The highest BCUT2D eigenvalue weighted by Crippen LogP contribution is 2.39. The minimum absolute atomic E-state index is 0.0851. The summed E-state index contributed by atoms with van der Waals surface area (Å²) in [6.45, 7) is 0. The van der Waals surface area contributed by atoms with Crippen LogP contribution in [0.5, 0.6) is 5.75 Å². The quantitative estimate of drug-likeness (QED) is 0.805. The van der Waals surface area contributed by atoms with Gasteiger partial charge in [0, 0.05) is 10.7 Å². The molecular formula is C17H21ClN2O2. The Bertz CT molecular complexity index is 600. The number of hydrogen-bond acceptors (Lipinski definition) is 3. The molecule has 4 nitrogen and oxygen atoms in total. The molecule has 118 valence electrons. The molecule has 2 aliphatic carbocycles. The molecule has 2 aliphatic rings. The average Bonchev–Trinajstić information content (AvgIpc) is 2.54. The predicted octanol–water partition coefficient (Wildman–Crippen LogP) is 4.12. The summed E-state index contributed by atoms with van der Waals surface area (Å²) in [6, 6.07) is 4.41. The lowest BCUT2D eigenvalue weighted by atomic mass is 9.70. The number of benzene rings is 1. The Morgan fingerprint density at radius 2 is 2.00 bits per heavy atom. The van der Waals surface area contributed by atoms with E-state index in [9.17, 15) is 9.90 Å². The van der Waals surface area contributed by atoms with Gasteiger partial charge in [0.2, 0.25) is 0 Å². The summed E-state index contributed by atoms with van der Waals surface area (Å²) in [5.74, 6) is 1.08. The molecule has 1 amide bonds. The van der Waals surface area contributed by atoms with Crippen LogP contribution in [-0.2, 0) is 0 Å². The molecule has 1 aromatic rings. The highest BCUT2D eigenvalue weighted by Gasteiger charge is 2.30. The maximum atomic E-state index is 12.1. The smallest absolute Gasteiger partial charge is 0.275 e. The molecule has 0 saturated heterocycles. The number of hydrazone groups is 1. The first-order valence-corrected chi connectivity index (χ1v) is 8.35. The zero-order chi connectivity index (χ0) is 15.5. The Morgan fingerprint density at radius 3 is 2.82 bits per heavy atom. The number of rotatable bonds is 2. The molecule has 1 aromatic carbocycles. The maximum absolute atomic E-state index is 12.1. The molecule has 2 fully saturated rings. The number of carbonyl (C=O) groups excluding carboxylic acids is 1. The normalized spacial score (nSPS) is 26.5. The summed E-state index contributed by atoms with van der Waals surface area (Å²) >= 11 is 5.86. The number of hydrogen-bond donors (Lipinski definition) is 2. The van der Waals surface area contributed by atoms with Gasteiger partial charge < -0.3 is 5.11 Å². The molecule has 0 unspecified atom stereocenters. The molecule has 0 bridgehead atoms. The number of nitrogens with one attached hydrogen (secondary N) is 1. The van der Waals surface area contributed by atoms with E-state index in [1.165, 1.54) is 44.2 Å². The number of carbonyl (C=O) groups is 1. The van der Waals surface area contributed by atoms with Crippen LogP contribution in [0.25, 0.3) is 0 Å². The van der Waals surface area contributed by atoms with Gasteiger partial charge in [0.1, 0.15) is 5.75 Å². The van der Waals surface area contributed by atoms with Gasteiger partial charge in [-0.15, -0.1) is 0 Å². The number of halogens is 1. The fraction of sp³-hybridized carbons (Fsp3) is 0.529. The summed E-state index contributed by atoms with van der Waals surface area (Å²) < 4.78 is 0. The third kappa shape index (κ3) is 3.43. The third-order valence-electron chi connectivity index (χ3n) is 4.89. The standard InChI is InChI=1S/C17H21ClN2O2/c18-13-6-8-16(21)15(10-13)17(22)20-19-14-7-5-11-3-1-2-4-12(11)9-14/h6,8,10-12,21H,1-5,7,9H2,(H,20,22)/b19-14-/t11-,12+/m0/s1. The van der Waals surface area contributed by atoms with Crippen molar-refractivity contribution in [2.45, 2.75) is 44.9 Å². The molecule has 0 spiro atoms. The van der Waals surface area contributed by atoms with Crippen molar-refractivity contribution >= 4 is 23.2 Å². The minimum Gasteiger partial charge on any atom is -0.507 e. The molecule has 2 N–H and O–H groups in total. The van der Waals surface area contributed by atoms with Gasteiger partial charge in [0.15, 0.2) is 0 Å². The Balaban J connectivity index is 1.63. The number of nitrogens with zero attached hydrogens (tertiary/aromatic N) is 1. The molecule has 0 aliphatic heterocycles. The van der Waals surface area contributed by atoms with Gasteiger partial charge in [-0.2, -0.15) is 5.10 Å². The van der Waals surface area contributed by atoms with Crippen LogP contribution in [0.2, 0.25) is 5.02 Å². The molecule has 0 radical (unpaired) electrons. The van der Waals surface area contributed by atoms with Crippen LogP contribution in [0.4, 0.5) is 0 Å². The number of fused-ring (bicyclic) bond motifs is 1. The van der Waals surface area contributed by atoms with E-state index in [4.69, 9.17) is 11.6 Å². The second-order valence-electron chi connectivity index (χ2n) is 6.33. The zero-order valence-corrected chi connectivity index (χ0v) is 13.3. The summed E-state index contributed by atoms with van der Waals surface area (Å²) in [4.78, 5) is 12.1. The second kappa shape index (κ2) is 6.69. The number of phenolic OH excluding ortho intramolecular Hbond substituents is 1. The van der Waals surface area contributed by atoms with E-state index < -0.39 is 5.91 Å². The van der Waals surface area contributed by atoms with Crippen molar-refractivity contribution < 1.29 is 9.90 Å². The lowest BCUT2D eigenvalue weighted by Gasteiger charge is -2.35. The van der Waals surface area contributed by atoms with Gasteiger partial charge in [-0.05, 0) is 55.7 Å². The topological polar surface area (TPSA) is 61.7 Å². The van der Waals surface area contributed by atoms with E-state index in [-0.39, 0.29) is 11.3 Å². The van der Waals surface area contributed by atoms with E-state index in [0.29, 0.717) is 5.02 Å². The SMILES string of the molecule is O=C(N/N=C1/CC[C@@H]2CCCC[C@@H]2C1)c1cc(Cl)ccc1O. The molecule has 0 aromatic heterocycles. The van der Waals surface area contributed by atoms with Gasteiger partial charge in [-0.3, -0.25) is 4.79 Å². The van der Waals surface area contributed by atoms with Crippen LogP contribution in [0.15, 0.2) is 23.3 Å². The summed E-state index contributed by atoms with van der Waals surface area (Å²) in [7, 11) is 0. The van der Waals surface area contributed by atoms with E-state index in [1.54, 1.807) is 6.07 Å². The molecule has 5 heteroatoms. The molecule has 3 rings (SSSR count). The van der Waals surface area contributed by atoms with Crippen LogP contribution in [-0.4, -0.2) is 16.7 Å². The van der Waals surface area contributed by atoms with Gasteiger partial charge in [-0.1, -0.05) is 30.9 Å². The monoisotopic (exact) mass is 320 g/mol. The van der Waals surface area contributed by atoms with Crippen LogP contribution in [0.1, 0.15) is 55.3 Å². The first kappa shape index (κ1) is 15.3. The minimum atomic E-state index is -0.418. The van der Waals surface area contributed by atoms with Gasteiger partial charge in [0.05, 0.1) is 5.56 Å². The van der Waals surface area contributed by atoms with Gasteiger partial charge >= 0.3 is 0 Å². The fourth-order valence-electron chi connectivity index (χ4n) is 3.67. The number of amides is 1. The molecule has 2 atom stereocenters. The second-order valence-corrected chi connectivity index (χ2v) is 6.76. The van der Waals surface area contributed by atoms with E-state index in [1.807, 2.05) is 0 Å². The van der Waals surface area contributed by atoms with Gasteiger partial charge in [0.25, 0.3) is 5.91 Å².